The molecule has 14 heteroatoms. The lowest BCUT2D eigenvalue weighted by molar-refractivity contribution is 0.206. The van der Waals surface area contributed by atoms with E-state index in [-0.39, 0.29) is 22.9 Å². The second kappa shape index (κ2) is 11.8. The standard InChI is InChI=1S/C26H28N4O8S2/c1-37-21-5-9-23(10-6-21)39(33,34)28-25(31)27-20-4-3-18-13-15-30(16-14-19(18)17-20)26(32)29-40(35,36)24-11-7-22(38-2)8-12-24/h3-12,17H,13-16H2,1-2H3,(H,29,32)(H2,27,28,31). The van der Waals surface area contributed by atoms with Crippen LogP contribution in [0, 0.1) is 0 Å². The van der Waals surface area contributed by atoms with Gasteiger partial charge in [0.05, 0.1) is 24.0 Å². The van der Waals surface area contributed by atoms with Gasteiger partial charge < -0.3 is 19.7 Å². The van der Waals surface area contributed by atoms with Crippen molar-refractivity contribution in [1.29, 1.82) is 0 Å². The third-order valence-electron chi connectivity index (χ3n) is 6.24. The number of benzene rings is 3. The van der Waals surface area contributed by atoms with Gasteiger partial charge in [0.1, 0.15) is 11.5 Å². The minimum absolute atomic E-state index is 0.0669. The zero-order valence-corrected chi connectivity index (χ0v) is 23.3. The summed E-state index contributed by atoms with van der Waals surface area (Å²) >= 11 is 0. The summed E-state index contributed by atoms with van der Waals surface area (Å²) in [6.45, 7) is 0.517. The molecule has 0 radical (unpaired) electrons. The second-order valence-corrected chi connectivity index (χ2v) is 12.2. The molecule has 4 amide bonds. The Balaban J connectivity index is 1.37. The van der Waals surface area contributed by atoms with Crippen LogP contribution in [-0.2, 0) is 32.9 Å². The van der Waals surface area contributed by atoms with Crippen LogP contribution in [0.15, 0.2) is 76.5 Å². The maximum Gasteiger partial charge on any atom is 0.333 e. The first kappa shape index (κ1) is 28.7. The fourth-order valence-corrected chi connectivity index (χ4v) is 5.97. The van der Waals surface area contributed by atoms with Gasteiger partial charge in [0.25, 0.3) is 20.0 Å². The van der Waals surface area contributed by atoms with Crippen molar-refractivity contribution in [3.05, 3.63) is 77.9 Å². The number of urea groups is 2. The highest BCUT2D eigenvalue weighted by atomic mass is 32.2. The van der Waals surface area contributed by atoms with Gasteiger partial charge in [0, 0.05) is 18.8 Å². The zero-order chi connectivity index (χ0) is 28.9. The minimum atomic E-state index is -4.11. The number of nitrogens with zero attached hydrogens (tertiary/aromatic N) is 1. The molecule has 12 nitrogen and oxygen atoms in total. The van der Waals surface area contributed by atoms with Crippen molar-refractivity contribution in [3.63, 3.8) is 0 Å². The highest BCUT2D eigenvalue weighted by Gasteiger charge is 2.24. The fourth-order valence-electron chi connectivity index (χ4n) is 4.09. The van der Waals surface area contributed by atoms with Gasteiger partial charge in [-0.1, -0.05) is 6.07 Å². The normalized spacial score (nSPS) is 13.4. The third-order valence-corrected chi connectivity index (χ3v) is 8.92. The van der Waals surface area contributed by atoms with E-state index in [0.717, 1.165) is 11.1 Å². The molecule has 3 aromatic carbocycles. The van der Waals surface area contributed by atoms with Gasteiger partial charge >= 0.3 is 12.1 Å². The average Bonchev–Trinajstić information content (AvgIpc) is 3.15. The molecule has 0 unspecified atom stereocenters. The Bertz CT molecular complexity index is 1610. The summed E-state index contributed by atoms with van der Waals surface area (Å²) in [4.78, 5) is 26.5. The highest BCUT2D eigenvalue weighted by Crippen LogP contribution is 2.22. The summed E-state index contributed by atoms with van der Waals surface area (Å²) in [7, 11) is -5.27. The van der Waals surface area contributed by atoms with Crippen molar-refractivity contribution in [3.8, 4) is 11.5 Å². The number of fused-ring (bicyclic) bond motifs is 1. The Morgan fingerprint density at radius 1 is 0.700 bits per heavy atom. The molecule has 0 saturated carbocycles. The van der Waals surface area contributed by atoms with E-state index < -0.39 is 32.1 Å². The predicted molar refractivity (Wildman–Crippen MR) is 146 cm³/mol. The Kier molecular flexibility index (Phi) is 8.49. The van der Waals surface area contributed by atoms with Gasteiger partial charge in [-0.25, -0.2) is 35.9 Å². The molecule has 1 heterocycles. The van der Waals surface area contributed by atoms with E-state index >= 15 is 0 Å². The molecule has 0 spiro atoms. The first-order chi connectivity index (χ1) is 19.0. The summed E-state index contributed by atoms with van der Waals surface area (Å²) in [6.07, 6.45) is 0.857. The van der Waals surface area contributed by atoms with E-state index in [1.165, 1.54) is 67.7 Å². The van der Waals surface area contributed by atoms with Crippen LogP contribution in [0.3, 0.4) is 0 Å². The molecule has 0 aromatic heterocycles. The maximum atomic E-state index is 12.8. The number of carbonyl (C=O) groups excluding carboxylic acids is 2. The molecule has 40 heavy (non-hydrogen) atoms. The molecule has 1 aliphatic heterocycles. The quantitative estimate of drug-likeness (QED) is 0.380. The SMILES string of the molecule is COc1ccc(S(=O)(=O)NC(=O)Nc2ccc3c(c2)CCN(C(=O)NS(=O)(=O)c2ccc(OC)cc2)CC3)cc1. The third kappa shape index (κ3) is 6.82. The number of carbonyl (C=O) groups is 2. The molecule has 0 aliphatic carbocycles. The van der Waals surface area contributed by atoms with Crippen molar-refractivity contribution in [2.75, 3.05) is 32.6 Å². The van der Waals surface area contributed by atoms with Crippen LogP contribution >= 0.6 is 0 Å². The summed E-state index contributed by atoms with van der Waals surface area (Å²) in [5.41, 5.74) is 2.12. The molecule has 4 rings (SSSR count). The van der Waals surface area contributed by atoms with Gasteiger partial charge in [-0.3, -0.25) is 0 Å². The fraction of sp³-hybridized carbons (Fsp3) is 0.231. The molecule has 212 valence electrons. The molecule has 0 atom stereocenters. The number of nitrogens with one attached hydrogen (secondary N) is 3. The molecule has 1 aliphatic rings. The lowest BCUT2D eigenvalue weighted by atomic mass is 10.0. The maximum absolute atomic E-state index is 12.8. The Labute approximate surface area is 232 Å². The molecule has 3 aromatic rings. The van der Waals surface area contributed by atoms with Crippen LogP contribution in [0.1, 0.15) is 11.1 Å². The van der Waals surface area contributed by atoms with Gasteiger partial charge in [-0.15, -0.1) is 0 Å². The first-order valence-corrected chi connectivity index (χ1v) is 15.0. The number of rotatable bonds is 7. The van der Waals surface area contributed by atoms with E-state index in [2.05, 4.69) is 10.0 Å². The van der Waals surface area contributed by atoms with Crippen molar-refractivity contribution < 1.29 is 35.9 Å². The molecule has 0 saturated heterocycles. The van der Waals surface area contributed by atoms with Gasteiger partial charge in [-0.2, -0.15) is 0 Å². The predicted octanol–water partition coefficient (Wildman–Crippen LogP) is 2.71. The van der Waals surface area contributed by atoms with Crippen LogP contribution in [0.25, 0.3) is 0 Å². The summed E-state index contributed by atoms with van der Waals surface area (Å²) in [5, 5.41) is 2.52. The van der Waals surface area contributed by atoms with Crippen LogP contribution in [0.5, 0.6) is 11.5 Å². The minimum Gasteiger partial charge on any atom is -0.497 e. The number of ether oxygens (including phenoxy) is 2. The van der Waals surface area contributed by atoms with Gasteiger partial charge in [0.2, 0.25) is 0 Å². The van der Waals surface area contributed by atoms with E-state index in [4.69, 9.17) is 9.47 Å². The Morgan fingerprint density at radius 3 is 1.73 bits per heavy atom. The summed E-state index contributed by atoms with van der Waals surface area (Å²) in [5.74, 6) is 0.962. The van der Waals surface area contributed by atoms with Crippen LogP contribution in [0.4, 0.5) is 15.3 Å². The smallest absolute Gasteiger partial charge is 0.333 e. The monoisotopic (exact) mass is 588 g/mol. The molecule has 3 N–H and O–H groups in total. The van der Waals surface area contributed by atoms with Crippen LogP contribution < -0.4 is 24.2 Å². The van der Waals surface area contributed by atoms with Gasteiger partial charge in [-0.05, 0) is 84.6 Å². The number of hydrogen-bond acceptors (Lipinski definition) is 8. The lowest BCUT2D eigenvalue weighted by Gasteiger charge is -2.20. The summed E-state index contributed by atoms with van der Waals surface area (Å²) < 4.78 is 64.5. The molecule has 0 fully saturated rings. The Hall–Kier alpha value is -4.30. The van der Waals surface area contributed by atoms with Crippen molar-refractivity contribution in [2.24, 2.45) is 0 Å². The van der Waals surface area contributed by atoms with Gasteiger partial charge in [0.15, 0.2) is 0 Å². The average molecular weight is 589 g/mol. The lowest BCUT2D eigenvalue weighted by Crippen LogP contribution is -2.43. The number of sulfonamides is 2. The number of amides is 4. The molecular formula is C26H28N4O8S2. The molecular weight excluding hydrogens is 560 g/mol. The van der Waals surface area contributed by atoms with E-state index in [1.807, 2.05) is 4.72 Å². The first-order valence-electron chi connectivity index (χ1n) is 12.1. The Morgan fingerprint density at radius 2 is 1.20 bits per heavy atom. The van der Waals surface area contributed by atoms with Crippen LogP contribution in [-0.4, -0.2) is 61.1 Å². The highest BCUT2D eigenvalue weighted by molar-refractivity contribution is 7.90. The van der Waals surface area contributed by atoms with Crippen molar-refractivity contribution >= 4 is 37.8 Å². The van der Waals surface area contributed by atoms with Crippen molar-refractivity contribution in [1.82, 2.24) is 14.3 Å². The number of hydrogen-bond donors (Lipinski definition) is 3. The van der Waals surface area contributed by atoms with E-state index in [9.17, 15) is 26.4 Å². The van der Waals surface area contributed by atoms with Crippen molar-refractivity contribution in [2.45, 2.75) is 22.6 Å². The largest absolute Gasteiger partial charge is 0.497 e. The summed E-state index contributed by atoms with van der Waals surface area (Å²) in [6, 6.07) is 14.7. The number of methoxy groups -OCH3 is 2. The number of anilines is 1. The van der Waals surface area contributed by atoms with E-state index in [1.54, 1.807) is 18.2 Å². The second-order valence-electron chi connectivity index (χ2n) is 8.79. The zero-order valence-electron chi connectivity index (χ0n) is 21.7. The topological polar surface area (TPSA) is 160 Å². The van der Waals surface area contributed by atoms with E-state index in [0.29, 0.717) is 30.0 Å². The van der Waals surface area contributed by atoms with Crippen LogP contribution in [0.2, 0.25) is 0 Å². The molecule has 0 bridgehead atoms.